The predicted octanol–water partition coefficient (Wildman–Crippen LogP) is 3.20. The average molecular weight is 364 g/mol. The summed E-state index contributed by atoms with van der Waals surface area (Å²) in [6.45, 7) is 1.75. The van der Waals surface area contributed by atoms with Gasteiger partial charge in [-0.3, -0.25) is 4.79 Å². The highest BCUT2D eigenvalue weighted by Gasteiger charge is 2.45. The zero-order valence-corrected chi connectivity index (χ0v) is 15.6. The minimum atomic E-state index is -0.769. The van der Waals surface area contributed by atoms with E-state index >= 15 is 0 Å². The second kappa shape index (κ2) is 7.83. The van der Waals surface area contributed by atoms with Gasteiger partial charge >= 0.3 is 5.97 Å². The van der Waals surface area contributed by atoms with Crippen molar-refractivity contribution < 1.29 is 9.90 Å². The number of nitrogens with one attached hydrogen (secondary N) is 2. The summed E-state index contributed by atoms with van der Waals surface area (Å²) in [4.78, 5) is 11.6. The Morgan fingerprint density at radius 1 is 1.04 bits per heavy atom. The van der Waals surface area contributed by atoms with Crippen LogP contribution in [0.2, 0.25) is 0 Å². The summed E-state index contributed by atoms with van der Waals surface area (Å²) in [6.07, 6.45) is 4.08. The first-order valence-corrected chi connectivity index (χ1v) is 9.94. The zero-order chi connectivity index (χ0) is 18.7. The lowest BCUT2D eigenvalue weighted by molar-refractivity contribution is -0.139. The minimum absolute atomic E-state index is 0.230. The van der Waals surface area contributed by atoms with E-state index in [9.17, 15) is 9.90 Å². The molecule has 0 unspecified atom stereocenters. The summed E-state index contributed by atoms with van der Waals surface area (Å²) in [5.41, 5.74) is 2.71. The topological polar surface area (TPSA) is 61.4 Å². The number of carboxylic acid groups (broad SMARTS) is 1. The average Bonchev–Trinajstić information content (AvgIpc) is 3.61. The third-order valence-electron chi connectivity index (χ3n) is 6.02. The van der Waals surface area contributed by atoms with Gasteiger partial charge < -0.3 is 15.7 Å². The summed E-state index contributed by atoms with van der Waals surface area (Å²) in [6, 6.07) is 20.6. The van der Waals surface area contributed by atoms with Crippen LogP contribution in [0.1, 0.15) is 36.3 Å². The maximum absolute atomic E-state index is 11.6. The van der Waals surface area contributed by atoms with Gasteiger partial charge in [0.05, 0.1) is 0 Å². The van der Waals surface area contributed by atoms with E-state index in [2.05, 4.69) is 41.0 Å². The van der Waals surface area contributed by atoms with E-state index in [1.165, 1.54) is 24.8 Å². The number of carbonyl (C=O) groups is 1. The molecule has 3 N–H and O–H groups in total. The van der Waals surface area contributed by atoms with Crippen LogP contribution in [0.5, 0.6) is 0 Å². The molecule has 4 rings (SSSR count). The quantitative estimate of drug-likeness (QED) is 0.606. The van der Waals surface area contributed by atoms with Crippen LogP contribution < -0.4 is 10.6 Å². The van der Waals surface area contributed by atoms with Crippen LogP contribution in [0.15, 0.2) is 60.7 Å². The van der Waals surface area contributed by atoms with Crippen molar-refractivity contribution in [2.24, 2.45) is 5.41 Å². The van der Waals surface area contributed by atoms with Gasteiger partial charge in [-0.15, -0.1) is 0 Å². The molecule has 2 aromatic rings. The summed E-state index contributed by atoms with van der Waals surface area (Å²) in [5.74, 6) is -0.131. The molecule has 0 bridgehead atoms. The SMILES string of the molecule is O=C(O)[C@H](Cc1ccccc1)NCC1(CN[C@@H]2C[C@H]2c2ccccc2)CC1. The van der Waals surface area contributed by atoms with Crippen molar-refractivity contribution in [2.75, 3.05) is 13.1 Å². The summed E-state index contributed by atoms with van der Waals surface area (Å²) < 4.78 is 0. The Hall–Kier alpha value is -2.17. The standard InChI is InChI=1S/C23H28N2O2/c26-22(27)21(13-17-7-3-1-4-8-17)25-16-23(11-12-23)15-24-20-14-19(20)18-9-5-2-6-10-18/h1-10,19-21,24-25H,11-16H2,(H,26,27)/t19-,20+,21-/m0/s1. The van der Waals surface area contributed by atoms with E-state index in [1.807, 2.05) is 30.3 Å². The number of hydrogen-bond acceptors (Lipinski definition) is 3. The number of hydrogen-bond donors (Lipinski definition) is 3. The lowest BCUT2D eigenvalue weighted by atomic mass is 10.0. The molecule has 3 atom stereocenters. The third-order valence-corrected chi connectivity index (χ3v) is 6.02. The molecule has 0 amide bonds. The first-order chi connectivity index (χ1) is 13.2. The Kier molecular flexibility index (Phi) is 5.28. The van der Waals surface area contributed by atoms with Crippen molar-refractivity contribution in [2.45, 2.75) is 43.7 Å². The summed E-state index contributed by atoms with van der Waals surface area (Å²) in [5, 5.41) is 16.6. The maximum Gasteiger partial charge on any atom is 0.321 e. The molecule has 2 aliphatic carbocycles. The third kappa shape index (κ3) is 4.76. The van der Waals surface area contributed by atoms with Crippen LogP contribution >= 0.6 is 0 Å². The van der Waals surface area contributed by atoms with E-state index in [0.29, 0.717) is 18.4 Å². The van der Waals surface area contributed by atoms with Crippen molar-refractivity contribution in [3.63, 3.8) is 0 Å². The van der Waals surface area contributed by atoms with Crippen LogP contribution in [0, 0.1) is 5.41 Å². The lowest BCUT2D eigenvalue weighted by Crippen LogP contribution is -2.43. The van der Waals surface area contributed by atoms with Crippen molar-refractivity contribution in [1.29, 1.82) is 0 Å². The molecule has 2 aromatic carbocycles. The van der Waals surface area contributed by atoms with E-state index in [0.717, 1.165) is 18.7 Å². The van der Waals surface area contributed by atoms with E-state index in [1.54, 1.807) is 0 Å². The highest BCUT2D eigenvalue weighted by molar-refractivity contribution is 5.73. The fourth-order valence-electron chi connectivity index (χ4n) is 3.87. The second-order valence-electron chi connectivity index (χ2n) is 8.20. The fourth-order valence-corrected chi connectivity index (χ4v) is 3.87. The molecule has 0 spiro atoms. The van der Waals surface area contributed by atoms with E-state index < -0.39 is 12.0 Å². The van der Waals surface area contributed by atoms with Gasteiger partial charge in [0.15, 0.2) is 0 Å². The van der Waals surface area contributed by atoms with Gasteiger partial charge in [-0.05, 0) is 42.2 Å². The molecular formula is C23H28N2O2. The number of benzene rings is 2. The Balaban J connectivity index is 1.24. The van der Waals surface area contributed by atoms with Gasteiger partial charge in [-0.1, -0.05) is 60.7 Å². The van der Waals surface area contributed by atoms with Crippen molar-refractivity contribution in [1.82, 2.24) is 10.6 Å². The normalized spacial score (nSPS) is 23.6. The van der Waals surface area contributed by atoms with Gasteiger partial charge in [0.2, 0.25) is 0 Å². The van der Waals surface area contributed by atoms with Crippen LogP contribution in [-0.4, -0.2) is 36.2 Å². The van der Waals surface area contributed by atoms with Crippen LogP contribution in [0.3, 0.4) is 0 Å². The number of rotatable bonds is 10. The van der Waals surface area contributed by atoms with Crippen LogP contribution in [-0.2, 0) is 11.2 Å². The Morgan fingerprint density at radius 2 is 1.70 bits per heavy atom. The molecule has 0 aliphatic heterocycles. The van der Waals surface area contributed by atoms with Crippen molar-refractivity contribution in [3.05, 3.63) is 71.8 Å². The molecule has 0 radical (unpaired) electrons. The predicted molar refractivity (Wildman–Crippen MR) is 107 cm³/mol. The smallest absolute Gasteiger partial charge is 0.321 e. The Labute approximate surface area is 161 Å². The number of aliphatic carboxylic acids is 1. The second-order valence-corrected chi connectivity index (χ2v) is 8.20. The summed E-state index contributed by atoms with van der Waals surface area (Å²) >= 11 is 0. The molecular weight excluding hydrogens is 336 g/mol. The molecule has 0 aromatic heterocycles. The minimum Gasteiger partial charge on any atom is -0.480 e. The molecule has 0 heterocycles. The molecule has 2 saturated carbocycles. The van der Waals surface area contributed by atoms with E-state index in [-0.39, 0.29) is 5.41 Å². The van der Waals surface area contributed by atoms with Gasteiger partial charge in [0.1, 0.15) is 6.04 Å². The zero-order valence-electron chi connectivity index (χ0n) is 15.6. The van der Waals surface area contributed by atoms with Crippen molar-refractivity contribution >= 4 is 5.97 Å². The largest absolute Gasteiger partial charge is 0.480 e. The van der Waals surface area contributed by atoms with Gasteiger partial charge in [-0.2, -0.15) is 0 Å². The highest BCUT2D eigenvalue weighted by atomic mass is 16.4. The Bertz CT molecular complexity index is 758. The maximum atomic E-state index is 11.6. The first-order valence-electron chi connectivity index (χ1n) is 9.94. The fraction of sp³-hybridized carbons (Fsp3) is 0.435. The van der Waals surface area contributed by atoms with Crippen LogP contribution in [0.4, 0.5) is 0 Å². The molecule has 2 aliphatic rings. The molecule has 4 heteroatoms. The monoisotopic (exact) mass is 364 g/mol. The molecule has 2 fully saturated rings. The van der Waals surface area contributed by atoms with Gasteiger partial charge in [0.25, 0.3) is 0 Å². The van der Waals surface area contributed by atoms with Gasteiger partial charge in [-0.25, -0.2) is 0 Å². The van der Waals surface area contributed by atoms with Gasteiger partial charge in [0, 0.05) is 25.0 Å². The number of carboxylic acids is 1. The lowest BCUT2D eigenvalue weighted by Gasteiger charge is -2.21. The summed E-state index contributed by atoms with van der Waals surface area (Å²) in [7, 11) is 0. The van der Waals surface area contributed by atoms with E-state index in [4.69, 9.17) is 0 Å². The molecule has 0 saturated heterocycles. The first kappa shape index (κ1) is 18.2. The highest BCUT2D eigenvalue weighted by Crippen LogP contribution is 2.47. The molecule has 4 nitrogen and oxygen atoms in total. The van der Waals surface area contributed by atoms with Crippen molar-refractivity contribution in [3.8, 4) is 0 Å². The molecule has 27 heavy (non-hydrogen) atoms. The molecule has 142 valence electrons. The Morgan fingerprint density at radius 3 is 2.33 bits per heavy atom. The van der Waals surface area contributed by atoms with Crippen LogP contribution in [0.25, 0.3) is 0 Å².